The van der Waals surface area contributed by atoms with Gasteiger partial charge in [-0.15, -0.1) is 0 Å². The molecule has 0 aromatic carbocycles. The van der Waals surface area contributed by atoms with Gasteiger partial charge < -0.3 is 19.9 Å². The van der Waals surface area contributed by atoms with Crippen molar-refractivity contribution >= 4 is 17.4 Å². The Morgan fingerprint density at radius 3 is 2.67 bits per heavy atom. The van der Waals surface area contributed by atoms with E-state index in [1.165, 1.54) is 25.8 Å². The zero-order valence-electron chi connectivity index (χ0n) is 18.3. The van der Waals surface area contributed by atoms with E-state index in [-0.39, 0.29) is 11.8 Å². The third-order valence-corrected chi connectivity index (χ3v) is 6.83. The molecule has 1 amide bonds. The van der Waals surface area contributed by atoms with Gasteiger partial charge in [0.05, 0.1) is 25.1 Å². The minimum atomic E-state index is 0.108. The van der Waals surface area contributed by atoms with E-state index in [0.717, 1.165) is 76.8 Å². The maximum atomic E-state index is 12.7. The molecule has 3 saturated heterocycles. The summed E-state index contributed by atoms with van der Waals surface area (Å²) < 4.78 is 5.48. The summed E-state index contributed by atoms with van der Waals surface area (Å²) in [5.41, 5.74) is 1.08. The van der Waals surface area contributed by atoms with Gasteiger partial charge in [-0.2, -0.15) is 0 Å². The summed E-state index contributed by atoms with van der Waals surface area (Å²) in [6.45, 7) is 10.1. The average molecular weight is 417 g/mol. The number of hydrogen-bond donors (Lipinski definition) is 1. The monoisotopic (exact) mass is 416 g/mol. The maximum absolute atomic E-state index is 12.7. The molecule has 0 saturated carbocycles. The van der Waals surface area contributed by atoms with Gasteiger partial charge in [-0.05, 0) is 39.2 Å². The lowest BCUT2D eigenvalue weighted by atomic mass is 9.95. The molecule has 4 heterocycles. The van der Waals surface area contributed by atoms with Crippen LogP contribution in [0.1, 0.15) is 39.0 Å². The van der Waals surface area contributed by atoms with Crippen LogP contribution in [-0.4, -0.2) is 85.8 Å². The summed E-state index contributed by atoms with van der Waals surface area (Å²) in [6.07, 6.45) is 9.19. The first-order valence-corrected chi connectivity index (χ1v) is 11.6. The second-order valence-corrected chi connectivity index (χ2v) is 8.76. The van der Waals surface area contributed by atoms with E-state index in [1.807, 2.05) is 6.20 Å². The standard InChI is InChI=1S/C22H36N6O2/c1-18-4-2-3-8-26(18)11-7-24-22(29)19-5-9-27(10-6-19)20-16-23-17-25-21(20)28-12-14-30-15-13-28/h16-19H,2-15H2,1H3,(H,24,29). The van der Waals surface area contributed by atoms with Crippen LogP contribution in [0.15, 0.2) is 12.5 Å². The minimum Gasteiger partial charge on any atom is -0.378 e. The highest BCUT2D eigenvalue weighted by Gasteiger charge is 2.28. The summed E-state index contributed by atoms with van der Waals surface area (Å²) in [6, 6.07) is 0.646. The van der Waals surface area contributed by atoms with Crippen molar-refractivity contribution in [2.24, 2.45) is 5.92 Å². The van der Waals surface area contributed by atoms with Crippen LogP contribution in [0.25, 0.3) is 0 Å². The lowest BCUT2D eigenvalue weighted by Gasteiger charge is -2.36. The lowest BCUT2D eigenvalue weighted by Crippen LogP contribution is -2.45. The number of carbonyl (C=O) groups excluding carboxylic acids is 1. The van der Waals surface area contributed by atoms with E-state index in [2.05, 4.69) is 36.9 Å². The number of ether oxygens (including phenoxy) is 1. The van der Waals surface area contributed by atoms with E-state index in [0.29, 0.717) is 6.04 Å². The fourth-order valence-electron chi connectivity index (χ4n) is 4.90. The van der Waals surface area contributed by atoms with Gasteiger partial charge in [-0.3, -0.25) is 9.69 Å². The molecule has 1 N–H and O–H groups in total. The van der Waals surface area contributed by atoms with Crippen LogP contribution in [0.3, 0.4) is 0 Å². The maximum Gasteiger partial charge on any atom is 0.223 e. The van der Waals surface area contributed by atoms with Crippen LogP contribution in [0, 0.1) is 5.92 Å². The first-order chi connectivity index (χ1) is 14.7. The molecule has 4 rings (SSSR count). The summed E-state index contributed by atoms with van der Waals surface area (Å²) >= 11 is 0. The Morgan fingerprint density at radius 2 is 1.90 bits per heavy atom. The minimum absolute atomic E-state index is 0.108. The summed E-state index contributed by atoms with van der Waals surface area (Å²) in [5.74, 6) is 1.32. The van der Waals surface area contributed by atoms with Gasteiger partial charge in [-0.1, -0.05) is 6.42 Å². The van der Waals surface area contributed by atoms with Crippen molar-refractivity contribution in [2.45, 2.75) is 45.1 Å². The molecule has 3 fully saturated rings. The van der Waals surface area contributed by atoms with Crippen LogP contribution in [-0.2, 0) is 9.53 Å². The third-order valence-electron chi connectivity index (χ3n) is 6.83. The van der Waals surface area contributed by atoms with Gasteiger partial charge in [-0.25, -0.2) is 9.97 Å². The predicted octanol–water partition coefficient (Wildman–Crippen LogP) is 1.52. The van der Waals surface area contributed by atoms with Crippen LogP contribution in [0.2, 0.25) is 0 Å². The van der Waals surface area contributed by atoms with Gasteiger partial charge in [0.1, 0.15) is 6.33 Å². The Balaban J connectivity index is 1.25. The van der Waals surface area contributed by atoms with Crippen molar-refractivity contribution in [3.8, 4) is 0 Å². The predicted molar refractivity (Wildman–Crippen MR) is 118 cm³/mol. The van der Waals surface area contributed by atoms with E-state index >= 15 is 0 Å². The Kier molecular flexibility index (Phi) is 7.38. The van der Waals surface area contributed by atoms with Crippen LogP contribution in [0.5, 0.6) is 0 Å². The number of likely N-dealkylation sites (tertiary alicyclic amines) is 1. The summed E-state index contributed by atoms with van der Waals surface area (Å²) in [7, 11) is 0. The molecule has 0 spiro atoms. The first kappa shape index (κ1) is 21.3. The number of carbonyl (C=O) groups is 1. The van der Waals surface area contributed by atoms with Crippen LogP contribution < -0.4 is 15.1 Å². The molecule has 30 heavy (non-hydrogen) atoms. The quantitative estimate of drug-likeness (QED) is 0.754. The smallest absolute Gasteiger partial charge is 0.223 e. The van der Waals surface area contributed by atoms with Gasteiger partial charge >= 0.3 is 0 Å². The number of aromatic nitrogens is 2. The number of piperidine rings is 2. The fraction of sp³-hybridized carbons (Fsp3) is 0.773. The zero-order valence-corrected chi connectivity index (χ0v) is 18.3. The van der Waals surface area contributed by atoms with Gasteiger partial charge in [0, 0.05) is 51.2 Å². The van der Waals surface area contributed by atoms with Crippen molar-refractivity contribution in [1.29, 1.82) is 0 Å². The van der Waals surface area contributed by atoms with Crippen molar-refractivity contribution in [3.05, 3.63) is 12.5 Å². The highest BCUT2D eigenvalue weighted by molar-refractivity contribution is 5.79. The number of nitrogens with one attached hydrogen (secondary N) is 1. The Hall–Kier alpha value is -1.93. The number of rotatable bonds is 6. The second-order valence-electron chi connectivity index (χ2n) is 8.76. The largest absolute Gasteiger partial charge is 0.378 e. The Labute approximate surface area is 180 Å². The molecule has 1 unspecified atom stereocenters. The highest BCUT2D eigenvalue weighted by atomic mass is 16.5. The van der Waals surface area contributed by atoms with Crippen molar-refractivity contribution < 1.29 is 9.53 Å². The molecule has 1 atom stereocenters. The number of amides is 1. The summed E-state index contributed by atoms with van der Waals surface area (Å²) in [4.78, 5) is 28.6. The molecular formula is C22H36N6O2. The lowest BCUT2D eigenvalue weighted by molar-refractivity contribution is -0.125. The van der Waals surface area contributed by atoms with E-state index in [9.17, 15) is 4.79 Å². The van der Waals surface area contributed by atoms with Gasteiger partial charge in [0.25, 0.3) is 0 Å². The number of morpholine rings is 1. The topological polar surface area (TPSA) is 73.8 Å². The highest BCUT2D eigenvalue weighted by Crippen LogP contribution is 2.30. The number of nitrogens with zero attached hydrogens (tertiary/aromatic N) is 5. The Bertz CT molecular complexity index is 688. The molecule has 8 nitrogen and oxygen atoms in total. The van der Waals surface area contributed by atoms with E-state index in [1.54, 1.807) is 6.33 Å². The molecule has 0 radical (unpaired) electrons. The normalized spacial score (nSPS) is 24.1. The average Bonchev–Trinajstić information content (AvgIpc) is 2.81. The second kappa shape index (κ2) is 10.4. The molecular weight excluding hydrogens is 380 g/mol. The van der Waals surface area contributed by atoms with Crippen LogP contribution in [0.4, 0.5) is 11.5 Å². The fourth-order valence-corrected chi connectivity index (χ4v) is 4.90. The molecule has 1 aromatic heterocycles. The van der Waals surface area contributed by atoms with Gasteiger partial charge in [0.2, 0.25) is 5.91 Å². The molecule has 0 aliphatic carbocycles. The molecule has 1 aromatic rings. The number of hydrogen-bond acceptors (Lipinski definition) is 7. The van der Waals surface area contributed by atoms with E-state index < -0.39 is 0 Å². The number of anilines is 2. The van der Waals surface area contributed by atoms with E-state index in [4.69, 9.17) is 4.74 Å². The van der Waals surface area contributed by atoms with Crippen molar-refractivity contribution in [2.75, 3.05) is 68.8 Å². The van der Waals surface area contributed by atoms with Crippen molar-refractivity contribution in [3.63, 3.8) is 0 Å². The molecule has 3 aliphatic rings. The Morgan fingerprint density at radius 1 is 1.10 bits per heavy atom. The molecule has 3 aliphatic heterocycles. The third kappa shape index (κ3) is 5.21. The molecule has 166 valence electrons. The zero-order chi connectivity index (χ0) is 20.8. The first-order valence-electron chi connectivity index (χ1n) is 11.6. The SMILES string of the molecule is CC1CCCCN1CCNC(=O)C1CCN(c2cncnc2N2CCOCC2)CC1. The van der Waals surface area contributed by atoms with Crippen molar-refractivity contribution in [1.82, 2.24) is 20.2 Å². The summed E-state index contributed by atoms with van der Waals surface area (Å²) in [5, 5.41) is 3.19. The molecule has 0 bridgehead atoms. The molecule has 8 heteroatoms. The van der Waals surface area contributed by atoms with Crippen LogP contribution >= 0.6 is 0 Å². The van der Waals surface area contributed by atoms with Gasteiger partial charge in [0.15, 0.2) is 5.82 Å².